The van der Waals surface area contributed by atoms with Crippen LogP contribution in [0, 0.1) is 12.3 Å². The Labute approximate surface area is 94.6 Å². The summed E-state index contributed by atoms with van der Waals surface area (Å²) < 4.78 is 6.58. The summed E-state index contributed by atoms with van der Waals surface area (Å²) in [6.45, 7) is 6.21. The maximum atomic E-state index is 11.4. The topological polar surface area (TPSA) is 70.1 Å². The van der Waals surface area contributed by atoms with E-state index < -0.39 is 5.97 Å². The Morgan fingerprint density at radius 1 is 1.62 bits per heavy atom. The Morgan fingerprint density at radius 3 is 2.62 bits per heavy atom. The van der Waals surface area contributed by atoms with Gasteiger partial charge >= 0.3 is 5.97 Å². The number of carbonyl (C=O) groups is 1. The van der Waals surface area contributed by atoms with Gasteiger partial charge in [0.2, 0.25) is 0 Å². The molecule has 1 aliphatic rings. The molecule has 1 aliphatic carbocycles. The molecule has 1 aromatic rings. The quantitative estimate of drug-likeness (QED) is 0.772. The molecule has 0 spiro atoms. The molecule has 2 N–H and O–H groups in total. The largest absolute Gasteiger partial charge is 0.464 e. The highest BCUT2D eigenvalue weighted by Crippen LogP contribution is 2.56. The smallest absolute Gasteiger partial charge is 0.360 e. The van der Waals surface area contributed by atoms with Gasteiger partial charge in [0.15, 0.2) is 5.69 Å². The lowest BCUT2D eigenvalue weighted by atomic mass is 10.2. The van der Waals surface area contributed by atoms with Gasteiger partial charge in [-0.25, -0.2) is 9.78 Å². The van der Waals surface area contributed by atoms with Crippen LogP contribution in [-0.4, -0.2) is 22.6 Å². The van der Waals surface area contributed by atoms with Crippen molar-refractivity contribution >= 4 is 11.8 Å². The minimum Gasteiger partial charge on any atom is -0.464 e. The summed E-state index contributed by atoms with van der Waals surface area (Å²) in [4.78, 5) is 15.6. The van der Waals surface area contributed by atoms with E-state index in [-0.39, 0.29) is 11.1 Å². The lowest BCUT2D eigenvalue weighted by molar-refractivity contribution is 0.0595. The summed E-state index contributed by atoms with van der Waals surface area (Å²) in [6, 6.07) is 0.346. The van der Waals surface area contributed by atoms with E-state index in [1.54, 1.807) is 0 Å². The van der Waals surface area contributed by atoms with Crippen molar-refractivity contribution in [3.63, 3.8) is 0 Å². The van der Waals surface area contributed by atoms with Gasteiger partial charge in [0.05, 0.1) is 7.11 Å². The molecule has 0 radical (unpaired) electrons. The first-order chi connectivity index (χ1) is 7.38. The van der Waals surface area contributed by atoms with Crippen molar-refractivity contribution in [2.75, 3.05) is 12.8 Å². The number of anilines is 1. The first-order valence-corrected chi connectivity index (χ1v) is 5.31. The Balaban J connectivity index is 2.41. The predicted molar refractivity (Wildman–Crippen MR) is 60.2 cm³/mol. The highest BCUT2D eigenvalue weighted by molar-refractivity contribution is 5.92. The van der Waals surface area contributed by atoms with Crippen molar-refractivity contribution in [3.05, 3.63) is 11.5 Å². The van der Waals surface area contributed by atoms with Crippen LogP contribution >= 0.6 is 0 Å². The highest BCUT2D eigenvalue weighted by Gasteiger charge is 2.48. The zero-order valence-electron chi connectivity index (χ0n) is 10.1. The van der Waals surface area contributed by atoms with Crippen LogP contribution in [0.2, 0.25) is 0 Å². The van der Waals surface area contributed by atoms with Crippen LogP contribution in [0.15, 0.2) is 0 Å². The summed E-state index contributed by atoms with van der Waals surface area (Å²) in [5.74, 6) is 0.714. The van der Waals surface area contributed by atoms with E-state index in [1.807, 2.05) is 11.5 Å². The molecule has 1 fully saturated rings. The Kier molecular flexibility index (Phi) is 2.22. The molecule has 0 aromatic carbocycles. The van der Waals surface area contributed by atoms with E-state index >= 15 is 0 Å². The molecular weight excluding hydrogens is 206 g/mol. The fourth-order valence-electron chi connectivity index (χ4n) is 2.08. The van der Waals surface area contributed by atoms with Crippen LogP contribution in [0.1, 0.15) is 42.6 Å². The number of nitrogens with two attached hydrogens (primary N) is 1. The maximum absolute atomic E-state index is 11.4. The number of rotatable bonds is 2. The second kappa shape index (κ2) is 3.23. The highest BCUT2D eigenvalue weighted by atomic mass is 16.5. The molecule has 0 amide bonds. The molecule has 16 heavy (non-hydrogen) atoms. The third kappa shape index (κ3) is 1.47. The van der Waals surface area contributed by atoms with Gasteiger partial charge in [-0.1, -0.05) is 13.8 Å². The van der Waals surface area contributed by atoms with Gasteiger partial charge in [-0.2, -0.15) is 0 Å². The van der Waals surface area contributed by atoms with E-state index in [2.05, 4.69) is 23.6 Å². The zero-order chi connectivity index (χ0) is 12.1. The molecular formula is C11H17N3O2. The molecule has 1 aromatic heterocycles. The summed E-state index contributed by atoms with van der Waals surface area (Å²) in [7, 11) is 1.33. The number of aromatic nitrogens is 2. The maximum Gasteiger partial charge on any atom is 0.360 e. The van der Waals surface area contributed by atoms with Crippen LogP contribution in [0.25, 0.3) is 0 Å². The van der Waals surface area contributed by atoms with Crippen LogP contribution in [-0.2, 0) is 4.74 Å². The van der Waals surface area contributed by atoms with E-state index in [9.17, 15) is 4.79 Å². The molecule has 5 heteroatoms. The van der Waals surface area contributed by atoms with Gasteiger partial charge < -0.3 is 15.0 Å². The van der Waals surface area contributed by atoms with E-state index in [0.717, 1.165) is 12.2 Å². The van der Waals surface area contributed by atoms with E-state index in [0.29, 0.717) is 11.9 Å². The molecule has 1 unspecified atom stereocenters. The molecule has 5 nitrogen and oxygen atoms in total. The lowest BCUT2D eigenvalue weighted by Crippen LogP contribution is -2.09. The fourth-order valence-corrected chi connectivity index (χ4v) is 2.08. The van der Waals surface area contributed by atoms with Crippen LogP contribution < -0.4 is 5.73 Å². The van der Waals surface area contributed by atoms with Crippen molar-refractivity contribution in [2.24, 2.45) is 5.41 Å². The van der Waals surface area contributed by atoms with E-state index in [1.165, 1.54) is 7.11 Å². The van der Waals surface area contributed by atoms with Crippen molar-refractivity contribution in [1.82, 2.24) is 9.55 Å². The molecule has 1 saturated carbocycles. The number of carbonyl (C=O) groups excluding carboxylic acids is 1. The monoisotopic (exact) mass is 223 g/mol. The molecule has 0 saturated heterocycles. The number of esters is 1. The Hall–Kier alpha value is -1.52. The van der Waals surface area contributed by atoms with Gasteiger partial charge in [0.25, 0.3) is 0 Å². The molecule has 1 heterocycles. The average Bonchev–Trinajstić information content (AvgIpc) is 2.71. The fraction of sp³-hybridized carbons (Fsp3) is 0.636. The first-order valence-electron chi connectivity index (χ1n) is 5.31. The third-order valence-corrected chi connectivity index (χ3v) is 3.28. The number of nitrogen functional groups attached to an aromatic ring is 1. The van der Waals surface area contributed by atoms with Gasteiger partial charge in [-0.15, -0.1) is 0 Å². The standard InChI is InChI=1S/C11H17N3O2/c1-6-13-8(10(15)16-4)9(12)14(6)7-5-11(7,2)3/h7H,5,12H2,1-4H3. The molecule has 1 atom stereocenters. The second-order valence-electron chi connectivity index (χ2n) is 4.96. The average molecular weight is 223 g/mol. The zero-order valence-corrected chi connectivity index (χ0v) is 10.1. The lowest BCUT2D eigenvalue weighted by Gasteiger charge is -2.09. The minimum atomic E-state index is -0.474. The van der Waals surface area contributed by atoms with Gasteiger partial charge in [-0.05, 0) is 18.8 Å². The van der Waals surface area contributed by atoms with Crippen molar-refractivity contribution < 1.29 is 9.53 Å². The number of hydrogen-bond acceptors (Lipinski definition) is 4. The first kappa shape index (κ1) is 11.0. The SMILES string of the molecule is COC(=O)c1nc(C)n(C2CC2(C)C)c1N. The van der Waals surface area contributed by atoms with E-state index in [4.69, 9.17) is 5.73 Å². The Morgan fingerprint density at radius 2 is 2.19 bits per heavy atom. The van der Waals surface area contributed by atoms with Gasteiger partial charge in [0.1, 0.15) is 11.6 Å². The van der Waals surface area contributed by atoms with Crippen molar-refractivity contribution in [3.8, 4) is 0 Å². The van der Waals surface area contributed by atoms with Crippen LogP contribution in [0.3, 0.4) is 0 Å². The number of nitrogens with zero attached hydrogens (tertiary/aromatic N) is 2. The molecule has 2 rings (SSSR count). The van der Waals surface area contributed by atoms with Gasteiger partial charge in [-0.3, -0.25) is 0 Å². The van der Waals surface area contributed by atoms with Gasteiger partial charge in [0, 0.05) is 6.04 Å². The third-order valence-electron chi connectivity index (χ3n) is 3.28. The van der Waals surface area contributed by atoms with Crippen molar-refractivity contribution in [1.29, 1.82) is 0 Å². The minimum absolute atomic E-state index is 0.225. The summed E-state index contributed by atoms with van der Waals surface area (Å²) >= 11 is 0. The number of methoxy groups -OCH3 is 1. The van der Waals surface area contributed by atoms with Crippen molar-refractivity contribution in [2.45, 2.75) is 33.2 Å². The summed E-state index contributed by atoms with van der Waals surface area (Å²) in [5, 5.41) is 0. The number of ether oxygens (including phenoxy) is 1. The normalized spacial score (nSPS) is 21.9. The van der Waals surface area contributed by atoms with Crippen LogP contribution in [0.4, 0.5) is 5.82 Å². The molecule has 0 bridgehead atoms. The number of hydrogen-bond donors (Lipinski definition) is 1. The molecule has 88 valence electrons. The second-order valence-corrected chi connectivity index (χ2v) is 4.96. The summed E-state index contributed by atoms with van der Waals surface area (Å²) in [6.07, 6.45) is 1.06. The molecule has 0 aliphatic heterocycles. The summed E-state index contributed by atoms with van der Waals surface area (Å²) in [5.41, 5.74) is 6.41. The number of imidazole rings is 1. The Bertz CT molecular complexity index is 448. The number of aryl methyl sites for hydroxylation is 1. The van der Waals surface area contributed by atoms with Crippen LogP contribution in [0.5, 0.6) is 0 Å². The predicted octanol–water partition coefficient (Wildman–Crippen LogP) is 1.53.